The molecule has 0 heterocycles. The molecule has 0 bridgehead atoms. The van der Waals surface area contributed by atoms with Gasteiger partial charge < -0.3 is 20.1 Å². The van der Waals surface area contributed by atoms with Crippen molar-refractivity contribution >= 4 is 23.2 Å². The number of rotatable bonds is 6. The van der Waals surface area contributed by atoms with Gasteiger partial charge in [0.1, 0.15) is 11.5 Å². The van der Waals surface area contributed by atoms with Crippen LogP contribution >= 0.6 is 0 Å². The number of carbonyl (C=O) groups is 2. The number of anilines is 2. The number of nitrogens with one attached hydrogen (secondary N) is 2. The van der Waals surface area contributed by atoms with Crippen molar-refractivity contribution in [1.82, 2.24) is 0 Å². The highest BCUT2D eigenvalue weighted by molar-refractivity contribution is 6.06. The number of amides is 2. The van der Waals surface area contributed by atoms with Crippen molar-refractivity contribution in [2.24, 2.45) is 5.92 Å². The molecular formula is C19H20N2O4. The molecule has 130 valence electrons. The standard InChI is InChI=1S/C19H20N2O4/c1-24-15-9-10-16(17(11-15)25-2)19(23)21-14-7-5-13(6-8-14)20-18(22)12-3-4-12/h5-12H,3-4H2,1-2H3,(H,20,22)(H,21,23). The highest BCUT2D eigenvalue weighted by atomic mass is 16.5. The molecule has 1 aliphatic carbocycles. The molecule has 0 aromatic heterocycles. The molecule has 0 saturated heterocycles. The van der Waals surface area contributed by atoms with Crippen LogP contribution in [0.25, 0.3) is 0 Å². The Morgan fingerprint density at radius 2 is 1.56 bits per heavy atom. The van der Waals surface area contributed by atoms with Gasteiger partial charge in [-0.2, -0.15) is 0 Å². The Labute approximate surface area is 146 Å². The van der Waals surface area contributed by atoms with E-state index >= 15 is 0 Å². The first kappa shape index (κ1) is 16.8. The fraction of sp³-hybridized carbons (Fsp3) is 0.263. The van der Waals surface area contributed by atoms with E-state index in [1.165, 1.54) is 7.11 Å². The number of ether oxygens (including phenoxy) is 2. The van der Waals surface area contributed by atoms with Gasteiger partial charge in [-0.15, -0.1) is 0 Å². The number of methoxy groups -OCH3 is 2. The van der Waals surface area contributed by atoms with E-state index in [0.29, 0.717) is 22.7 Å². The van der Waals surface area contributed by atoms with Crippen LogP contribution in [0.2, 0.25) is 0 Å². The van der Waals surface area contributed by atoms with Gasteiger partial charge in [0.05, 0.1) is 19.8 Å². The number of hydrogen-bond acceptors (Lipinski definition) is 4. The van der Waals surface area contributed by atoms with Crippen molar-refractivity contribution < 1.29 is 19.1 Å². The van der Waals surface area contributed by atoms with Crippen molar-refractivity contribution in [3.63, 3.8) is 0 Å². The predicted octanol–water partition coefficient (Wildman–Crippen LogP) is 3.30. The zero-order valence-electron chi connectivity index (χ0n) is 14.2. The Balaban J connectivity index is 1.67. The maximum atomic E-state index is 12.5. The van der Waals surface area contributed by atoms with E-state index in [4.69, 9.17) is 9.47 Å². The highest BCUT2D eigenvalue weighted by Crippen LogP contribution is 2.30. The zero-order chi connectivity index (χ0) is 17.8. The molecule has 3 rings (SSSR count). The van der Waals surface area contributed by atoms with E-state index in [9.17, 15) is 9.59 Å². The Bertz CT molecular complexity index is 783. The molecule has 1 aliphatic rings. The lowest BCUT2D eigenvalue weighted by Gasteiger charge is -2.11. The number of carbonyl (C=O) groups excluding carboxylic acids is 2. The molecule has 0 aliphatic heterocycles. The van der Waals surface area contributed by atoms with Gasteiger partial charge in [-0.3, -0.25) is 9.59 Å². The Morgan fingerprint density at radius 3 is 2.12 bits per heavy atom. The third-order valence-electron chi connectivity index (χ3n) is 4.01. The summed E-state index contributed by atoms with van der Waals surface area (Å²) >= 11 is 0. The average Bonchev–Trinajstić information content (AvgIpc) is 3.48. The van der Waals surface area contributed by atoms with Crippen LogP contribution in [-0.4, -0.2) is 26.0 Å². The molecule has 2 N–H and O–H groups in total. The monoisotopic (exact) mass is 340 g/mol. The Morgan fingerprint density at radius 1 is 0.920 bits per heavy atom. The third-order valence-corrected chi connectivity index (χ3v) is 4.01. The van der Waals surface area contributed by atoms with Crippen molar-refractivity contribution in [3.05, 3.63) is 48.0 Å². The molecule has 2 aromatic rings. The van der Waals surface area contributed by atoms with E-state index in [-0.39, 0.29) is 17.7 Å². The second-order valence-corrected chi connectivity index (χ2v) is 5.86. The number of benzene rings is 2. The van der Waals surface area contributed by atoms with E-state index in [2.05, 4.69) is 10.6 Å². The van der Waals surface area contributed by atoms with Gasteiger partial charge in [0.2, 0.25) is 5.91 Å². The lowest BCUT2D eigenvalue weighted by Crippen LogP contribution is -2.14. The molecule has 0 atom stereocenters. The zero-order valence-corrected chi connectivity index (χ0v) is 14.2. The van der Waals surface area contributed by atoms with Crippen LogP contribution in [0.3, 0.4) is 0 Å². The topological polar surface area (TPSA) is 76.7 Å². The van der Waals surface area contributed by atoms with Gasteiger partial charge in [0.15, 0.2) is 0 Å². The van der Waals surface area contributed by atoms with Crippen LogP contribution in [0.4, 0.5) is 11.4 Å². The summed E-state index contributed by atoms with van der Waals surface area (Å²) in [6.45, 7) is 0. The number of hydrogen-bond donors (Lipinski definition) is 2. The second kappa shape index (κ2) is 7.25. The molecular weight excluding hydrogens is 320 g/mol. The molecule has 6 heteroatoms. The molecule has 2 amide bonds. The summed E-state index contributed by atoms with van der Waals surface area (Å²) in [6, 6.07) is 12.0. The molecule has 0 spiro atoms. The molecule has 1 fully saturated rings. The average molecular weight is 340 g/mol. The molecule has 1 saturated carbocycles. The molecule has 25 heavy (non-hydrogen) atoms. The smallest absolute Gasteiger partial charge is 0.259 e. The molecule has 0 unspecified atom stereocenters. The predicted molar refractivity (Wildman–Crippen MR) is 95.3 cm³/mol. The van der Waals surface area contributed by atoms with Gasteiger partial charge in [0, 0.05) is 23.4 Å². The van der Waals surface area contributed by atoms with Crippen LogP contribution in [0.15, 0.2) is 42.5 Å². The maximum Gasteiger partial charge on any atom is 0.259 e. The minimum Gasteiger partial charge on any atom is -0.497 e. The quantitative estimate of drug-likeness (QED) is 0.846. The summed E-state index contributed by atoms with van der Waals surface area (Å²) in [7, 11) is 3.06. The minimum absolute atomic E-state index is 0.0553. The van der Waals surface area contributed by atoms with Crippen molar-refractivity contribution in [3.8, 4) is 11.5 Å². The first-order valence-electron chi connectivity index (χ1n) is 8.05. The van der Waals surface area contributed by atoms with Crippen LogP contribution in [0.1, 0.15) is 23.2 Å². The lowest BCUT2D eigenvalue weighted by molar-refractivity contribution is -0.117. The van der Waals surface area contributed by atoms with Crippen molar-refractivity contribution in [1.29, 1.82) is 0 Å². The SMILES string of the molecule is COc1ccc(C(=O)Nc2ccc(NC(=O)C3CC3)cc2)c(OC)c1. The first-order valence-corrected chi connectivity index (χ1v) is 8.05. The van der Waals surface area contributed by atoms with Crippen LogP contribution < -0.4 is 20.1 Å². The molecule has 2 aromatic carbocycles. The maximum absolute atomic E-state index is 12.5. The highest BCUT2D eigenvalue weighted by Gasteiger charge is 2.29. The fourth-order valence-corrected chi connectivity index (χ4v) is 2.41. The largest absolute Gasteiger partial charge is 0.497 e. The van der Waals surface area contributed by atoms with Crippen molar-refractivity contribution in [2.75, 3.05) is 24.9 Å². The molecule has 6 nitrogen and oxygen atoms in total. The van der Waals surface area contributed by atoms with Gasteiger partial charge in [-0.1, -0.05) is 0 Å². The van der Waals surface area contributed by atoms with E-state index in [0.717, 1.165) is 18.5 Å². The summed E-state index contributed by atoms with van der Waals surface area (Å²) < 4.78 is 10.4. The van der Waals surface area contributed by atoms with Gasteiger partial charge in [0.25, 0.3) is 5.91 Å². The normalized spacial score (nSPS) is 13.0. The Hall–Kier alpha value is -3.02. The van der Waals surface area contributed by atoms with Crippen LogP contribution in [-0.2, 0) is 4.79 Å². The van der Waals surface area contributed by atoms with Gasteiger partial charge in [-0.05, 0) is 49.2 Å². The second-order valence-electron chi connectivity index (χ2n) is 5.86. The van der Waals surface area contributed by atoms with Crippen LogP contribution in [0, 0.1) is 5.92 Å². The lowest BCUT2D eigenvalue weighted by atomic mass is 10.1. The summed E-state index contributed by atoms with van der Waals surface area (Å²) in [6.07, 6.45) is 1.92. The van der Waals surface area contributed by atoms with E-state index < -0.39 is 0 Å². The van der Waals surface area contributed by atoms with E-state index in [1.54, 1.807) is 49.6 Å². The summed E-state index contributed by atoms with van der Waals surface area (Å²) in [4.78, 5) is 24.2. The summed E-state index contributed by atoms with van der Waals surface area (Å²) in [5.74, 6) is 0.977. The van der Waals surface area contributed by atoms with E-state index in [1.807, 2.05) is 0 Å². The summed E-state index contributed by atoms with van der Waals surface area (Å²) in [5, 5.41) is 5.68. The first-order chi connectivity index (χ1) is 12.1. The summed E-state index contributed by atoms with van der Waals surface area (Å²) in [5.41, 5.74) is 1.76. The molecule has 0 radical (unpaired) electrons. The van der Waals surface area contributed by atoms with Gasteiger partial charge >= 0.3 is 0 Å². The van der Waals surface area contributed by atoms with Gasteiger partial charge in [-0.25, -0.2) is 0 Å². The Kier molecular flexibility index (Phi) is 4.88. The third kappa shape index (κ3) is 4.09. The minimum atomic E-state index is -0.283. The fourth-order valence-electron chi connectivity index (χ4n) is 2.41. The van der Waals surface area contributed by atoms with Crippen molar-refractivity contribution in [2.45, 2.75) is 12.8 Å². The van der Waals surface area contributed by atoms with Crippen LogP contribution in [0.5, 0.6) is 11.5 Å².